The van der Waals surface area contributed by atoms with Gasteiger partial charge >= 0.3 is 5.63 Å². The highest BCUT2D eigenvalue weighted by Gasteiger charge is 2.15. The van der Waals surface area contributed by atoms with Crippen molar-refractivity contribution in [1.82, 2.24) is 0 Å². The van der Waals surface area contributed by atoms with Gasteiger partial charge in [-0.25, -0.2) is 4.79 Å². The zero-order chi connectivity index (χ0) is 17.1. The Balaban J connectivity index is 0.00000211. The van der Waals surface area contributed by atoms with Crippen LogP contribution in [0.25, 0.3) is 0 Å². The predicted molar refractivity (Wildman–Crippen MR) is 88.1 cm³/mol. The Kier molecular flexibility index (Phi) is 8.90. The Bertz CT molecular complexity index is 664. The minimum atomic E-state index is -0.852. The fraction of sp³-hybridized carbons (Fsp3) is 0.176. The van der Waals surface area contributed by atoms with E-state index in [2.05, 4.69) is 12.3 Å². The number of carbonyl (C=O) groups excluding carboxylic acids is 1. The van der Waals surface area contributed by atoms with Crippen LogP contribution in [0.3, 0.4) is 0 Å². The Morgan fingerprint density at radius 3 is 2.50 bits per heavy atom. The molecule has 1 heterocycles. The molecule has 3 N–H and O–H groups in total. The molecule has 0 aliphatic heterocycles. The first-order valence-electron chi connectivity index (χ1n) is 6.59. The molecule has 22 heavy (non-hydrogen) atoms. The Labute approximate surface area is 129 Å². The SMILES string of the molecule is C=CC(/C=C/C(=O)c1c(O)cc(C)oc1=O)=C\C=C/C.CN. The molecular formula is C17H21NO4. The largest absolute Gasteiger partial charge is 0.507 e. The minimum Gasteiger partial charge on any atom is -0.507 e. The third kappa shape index (κ3) is 5.76. The first-order chi connectivity index (χ1) is 10.5. The molecule has 0 saturated heterocycles. The third-order valence-electron chi connectivity index (χ3n) is 2.44. The second-order valence-electron chi connectivity index (χ2n) is 4.00. The van der Waals surface area contributed by atoms with E-state index in [1.807, 2.05) is 13.0 Å². The standard InChI is InChI=1S/C16H16O4.CH5N/c1-4-6-7-12(5-2)8-9-13(17)15-14(18)10-11(3)20-16(15)19;1-2/h4-10,18H,2H2,1,3H3;2H2,1H3/b6-4-,9-8+,12-7+;. The van der Waals surface area contributed by atoms with Crippen molar-refractivity contribution in [2.24, 2.45) is 5.73 Å². The smallest absolute Gasteiger partial charge is 0.351 e. The molecular weight excluding hydrogens is 282 g/mol. The molecule has 0 bridgehead atoms. The molecule has 0 fully saturated rings. The van der Waals surface area contributed by atoms with E-state index in [1.54, 1.807) is 18.2 Å². The third-order valence-corrected chi connectivity index (χ3v) is 2.44. The Hall–Kier alpha value is -2.66. The zero-order valence-electron chi connectivity index (χ0n) is 13.0. The molecule has 0 aliphatic carbocycles. The van der Waals surface area contributed by atoms with Gasteiger partial charge in [0.25, 0.3) is 0 Å². The van der Waals surface area contributed by atoms with Gasteiger partial charge < -0.3 is 15.3 Å². The first kappa shape index (κ1) is 19.3. The normalized spacial score (nSPS) is 11.4. The number of aromatic hydroxyl groups is 1. The van der Waals surface area contributed by atoms with Crippen LogP contribution in [0.2, 0.25) is 0 Å². The molecule has 5 nitrogen and oxygen atoms in total. The van der Waals surface area contributed by atoms with Crippen molar-refractivity contribution in [3.05, 3.63) is 76.4 Å². The van der Waals surface area contributed by atoms with Gasteiger partial charge in [0.1, 0.15) is 17.1 Å². The molecule has 0 spiro atoms. The molecule has 1 rings (SSSR count). The minimum absolute atomic E-state index is 0.243. The van der Waals surface area contributed by atoms with E-state index in [0.717, 1.165) is 0 Å². The number of nitrogens with two attached hydrogens (primary N) is 1. The highest BCUT2D eigenvalue weighted by molar-refractivity contribution is 6.06. The van der Waals surface area contributed by atoms with Crippen LogP contribution < -0.4 is 11.4 Å². The average Bonchev–Trinajstić information content (AvgIpc) is 2.48. The summed E-state index contributed by atoms with van der Waals surface area (Å²) in [6.07, 6.45) is 9.66. The van der Waals surface area contributed by atoms with Gasteiger partial charge in [-0.3, -0.25) is 4.79 Å². The number of aryl methyl sites for hydroxylation is 1. The van der Waals surface area contributed by atoms with Gasteiger partial charge in [-0.15, -0.1) is 0 Å². The van der Waals surface area contributed by atoms with E-state index in [4.69, 9.17) is 4.42 Å². The molecule has 118 valence electrons. The molecule has 0 unspecified atom stereocenters. The topological polar surface area (TPSA) is 93.5 Å². The number of rotatable bonds is 5. The lowest BCUT2D eigenvalue weighted by Crippen LogP contribution is -2.13. The monoisotopic (exact) mass is 303 g/mol. The molecule has 0 aliphatic rings. The quantitative estimate of drug-likeness (QED) is 0.495. The predicted octanol–water partition coefficient (Wildman–Crippen LogP) is 2.66. The van der Waals surface area contributed by atoms with Gasteiger partial charge in [0.15, 0.2) is 5.78 Å². The number of hydrogen-bond donors (Lipinski definition) is 2. The van der Waals surface area contributed by atoms with Gasteiger partial charge in [-0.2, -0.15) is 0 Å². The number of ketones is 1. The molecule has 1 aromatic heterocycles. The lowest BCUT2D eigenvalue weighted by molar-refractivity contribution is 0.104. The molecule has 0 atom stereocenters. The molecule has 5 heteroatoms. The van der Waals surface area contributed by atoms with E-state index in [1.165, 1.54) is 32.2 Å². The highest BCUT2D eigenvalue weighted by Crippen LogP contribution is 2.15. The van der Waals surface area contributed by atoms with Crippen LogP contribution in [0.4, 0.5) is 0 Å². The van der Waals surface area contributed by atoms with Crippen LogP contribution in [0.1, 0.15) is 23.0 Å². The van der Waals surface area contributed by atoms with Crippen molar-refractivity contribution in [2.45, 2.75) is 13.8 Å². The summed E-state index contributed by atoms with van der Waals surface area (Å²) in [6, 6.07) is 1.23. The van der Waals surface area contributed by atoms with Crippen LogP contribution in [-0.2, 0) is 0 Å². The number of carbonyl (C=O) groups is 1. The van der Waals surface area contributed by atoms with Gasteiger partial charge in [0, 0.05) is 6.07 Å². The highest BCUT2D eigenvalue weighted by atomic mass is 16.4. The summed E-state index contributed by atoms with van der Waals surface area (Å²) in [5.74, 6) is -0.761. The van der Waals surface area contributed by atoms with Crippen molar-refractivity contribution in [3.63, 3.8) is 0 Å². The summed E-state index contributed by atoms with van der Waals surface area (Å²) in [6.45, 7) is 6.99. The second-order valence-corrected chi connectivity index (χ2v) is 4.00. The lowest BCUT2D eigenvalue weighted by atomic mass is 10.1. The Morgan fingerprint density at radius 1 is 1.36 bits per heavy atom. The van der Waals surface area contributed by atoms with Crippen LogP contribution >= 0.6 is 0 Å². The van der Waals surface area contributed by atoms with Gasteiger partial charge in [-0.05, 0) is 32.5 Å². The molecule has 0 aromatic carbocycles. The van der Waals surface area contributed by atoms with E-state index in [-0.39, 0.29) is 17.1 Å². The van der Waals surface area contributed by atoms with E-state index in [0.29, 0.717) is 5.57 Å². The van der Waals surface area contributed by atoms with E-state index in [9.17, 15) is 14.7 Å². The van der Waals surface area contributed by atoms with E-state index >= 15 is 0 Å². The summed E-state index contributed by atoms with van der Waals surface area (Å²) in [7, 11) is 1.50. The second kappa shape index (κ2) is 10.1. The van der Waals surface area contributed by atoms with Gasteiger partial charge in [-0.1, -0.05) is 37.0 Å². The molecule has 0 radical (unpaired) electrons. The van der Waals surface area contributed by atoms with Crippen molar-refractivity contribution >= 4 is 5.78 Å². The maximum Gasteiger partial charge on any atom is 0.351 e. The van der Waals surface area contributed by atoms with Crippen LogP contribution in [0.5, 0.6) is 5.75 Å². The maximum atomic E-state index is 11.9. The van der Waals surface area contributed by atoms with Crippen molar-refractivity contribution in [2.75, 3.05) is 7.05 Å². The Morgan fingerprint density at radius 2 is 2.00 bits per heavy atom. The fourth-order valence-corrected chi connectivity index (χ4v) is 1.48. The number of hydrogen-bond acceptors (Lipinski definition) is 5. The van der Waals surface area contributed by atoms with Crippen LogP contribution in [0.15, 0.2) is 63.9 Å². The van der Waals surface area contributed by atoms with E-state index < -0.39 is 11.4 Å². The summed E-state index contributed by atoms with van der Waals surface area (Å²) in [4.78, 5) is 23.5. The van der Waals surface area contributed by atoms with Crippen LogP contribution in [-0.4, -0.2) is 17.9 Å². The van der Waals surface area contributed by atoms with Crippen molar-refractivity contribution in [1.29, 1.82) is 0 Å². The molecule has 0 saturated carbocycles. The summed E-state index contributed by atoms with van der Waals surface area (Å²) < 4.78 is 4.79. The summed E-state index contributed by atoms with van der Waals surface area (Å²) in [5, 5.41) is 9.65. The summed E-state index contributed by atoms with van der Waals surface area (Å²) >= 11 is 0. The number of allylic oxidation sites excluding steroid dienone is 7. The maximum absolute atomic E-state index is 11.9. The first-order valence-corrected chi connectivity index (χ1v) is 6.59. The lowest BCUT2D eigenvalue weighted by Gasteiger charge is -1.99. The fourth-order valence-electron chi connectivity index (χ4n) is 1.48. The van der Waals surface area contributed by atoms with Crippen LogP contribution in [0, 0.1) is 6.92 Å². The van der Waals surface area contributed by atoms with Crippen molar-refractivity contribution < 1.29 is 14.3 Å². The average molecular weight is 303 g/mol. The van der Waals surface area contributed by atoms with Gasteiger partial charge in [0.05, 0.1) is 0 Å². The molecule has 1 aromatic rings. The molecule has 0 amide bonds. The summed E-state index contributed by atoms with van der Waals surface area (Å²) in [5.41, 5.74) is 3.98. The van der Waals surface area contributed by atoms with Gasteiger partial charge in [0.2, 0.25) is 0 Å². The van der Waals surface area contributed by atoms with Crippen molar-refractivity contribution in [3.8, 4) is 5.75 Å². The zero-order valence-corrected chi connectivity index (χ0v) is 13.0.